The summed E-state index contributed by atoms with van der Waals surface area (Å²) in [6, 6.07) is 7.30. The van der Waals surface area contributed by atoms with Crippen molar-refractivity contribution >= 4 is 11.9 Å². The summed E-state index contributed by atoms with van der Waals surface area (Å²) in [5.74, 6) is -0.221. The van der Waals surface area contributed by atoms with E-state index >= 15 is 0 Å². The molecule has 0 unspecified atom stereocenters. The van der Waals surface area contributed by atoms with Crippen LogP contribution in [0.5, 0.6) is 0 Å². The molecular formula is C18H24N6O2. The molecular weight excluding hydrogens is 332 g/mol. The number of aromatic nitrogens is 3. The van der Waals surface area contributed by atoms with Gasteiger partial charge in [0.05, 0.1) is 24.5 Å². The summed E-state index contributed by atoms with van der Waals surface area (Å²) in [4.78, 5) is 32.1. The number of carbonyl (C=O) groups is 2. The number of aryl methyl sites for hydroxylation is 2. The Bertz CT molecular complexity index is 814. The summed E-state index contributed by atoms with van der Waals surface area (Å²) >= 11 is 0. The van der Waals surface area contributed by atoms with Crippen LogP contribution in [0, 0.1) is 6.92 Å². The summed E-state index contributed by atoms with van der Waals surface area (Å²) < 4.78 is 1.93. The zero-order valence-corrected chi connectivity index (χ0v) is 15.4. The molecule has 0 radical (unpaired) electrons. The average molecular weight is 356 g/mol. The number of pyridine rings is 1. The molecule has 0 saturated carbocycles. The molecule has 2 aromatic rings. The number of nitrogens with one attached hydrogen (secondary N) is 1. The van der Waals surface area contributed by atoms with Crippen molar-refractivity contribution in [3.8, 4) is 0 Å². The number of amides is 3. The van der Waals surface area contributed by atoms with Gasteiger partial charge in [-0.25, -0.2) is 9.78 Å². The topological polar surface area (TPSA) is 83.4 Å². The highest BCUT2D eigenvalue weighted by Gasteiger charge is 2.21. The molecule has 8 heteroatoms. The van der Waals surface area contributed by atoms with Crippen LogP contribution >= 0.6 is 0 Å². The van der Waals surface area contributed by atoms with E-state index in [9.17, 15) is 9.59 Å². The molecule has 0 atom stereocenters. The number of fused-ring (bicyclic) bond motifs is 1. The molecule has 8 nitrogen and oxygen atoms in total. The van der Waals surface area contributed by atoms with Gasteiger partial charge in [-0.3, -0.25) is 9.48 Å². The molecule has 1 N–H and O–H groups in total. The predicted octanol–water partition coefficient (Wildman–Crippen LogP) is 1.40. The first kappa shape index (κ1) is 17.9. The quantitative estimate of drug-likeness (QED) is 0.901. The molecule has 2 aromatic heterocycles. The fourth-order valence-corrected chi connectivity index (χ4v) is 2.99. The molecule has 138 valence electrons. The maximum Gasteiger partial charge on any atom is 0.319 e. The monoisotopic (exact) mass is 356 g/mol. The third kappa shape index (κ3) is 4.01. The van der Waals surface area contributed by atoms with Crippen molar-refractivity contribution in [3.63, 3.8) is 0 Å². The SMILES string of the molecule is Cc1cccc(C(=O)NCc2cc3n(n2)CCCN(C(=O)N(C)C)C3)n1. The van der Waals surface area contributed by atoms with Gasteiger partial charge in [0.15, 0.2) is 0 Å². The molecule has 1 aliphatic rings. The van der Waals surface area contributed by atoms with Gasteiger partial charge in [-0.05, 0) is 31.5 Å². The van der Waals surface area contributed by atoms with Gasteiger partial charge in [-0.15, -0.1) is 0 Å². The Morgan fingerprint density at radius 1 is 1.27 bits per heavy atom. The number of hydrogen-bond acceptors (Lipinski definition) is 4. The second-order valence-corrected chi connectivity index (χ2v) is 6.65. The second-order valence-electron chi connectivity index (χ2n) is 6.65. The van der Waals surface area contributed by atoms with E-state index in [-0.39, 0.29) is 11.9 Å². The molecule has 0 saturated heterocycles. The van der Waals surface area contributed by atoms with Crippen molar-refractivity contribution < 1.29 is 9.59 Å². The Hall–Kier alpha value is -2.90. The number of urea groups is 1. The molecule has 0 fully saturated rings. The molecule has 0 spiro atoms. The lowest BCUT2D eigenvalue weighted by atomic mass is 10.3. The van der Waals surface area contributed by atoms with Gasteiger partial charge >= 0.3 is 6.03 Å². The minimum absolute atomic E-state index is 0.0000228. The van der Waals surface area contributed by atoms with E-state index in [0.29, 0.717) is 25.3 Å². The predicted molar refractivity (Wildman–Crippen MR) is 96.5 cm³/mol. The largest absolute Gasteiger partial charge is 0.345 e. The van der Waals surface area contributed by atoms with Crippen molar-refractivity contribution in [3.05, 3.63) is 47.0 Å². The average Bonchev–Trinajstić information content (AvgIpc) is 2.89. The number of carbonyl (C=O) groups excluding carboxylic acids is 2. The minimum atomic E-state index is -0.221. The van der Waals surface area contributed by atoms with Crippen LogP contribution in [0.2, 0.25) is 0 Å². The maximum atomic E-state index is 12.2. The molecule has 3 heterocycles. The van der Waals surface area contributed by atoms with Crippen LogP contribution in [0.1, 0.15) is 34.0 Å². The number of nitrogens with zero attached hydrogens (tertiary/aromatic N) is 5. The summed E-state index contributed by atoms with van der Waals surface area (Å²) in [5.41, 5.74) is 2.96. The third-order valence-electron chi connectivity index (χ3n) is 4.27. The molecule has 0 aromatic carbocycles. The normalized spacial score (nSPS) is 13.7. The minimum Gasteiger partial charge on any atom is -0.345 e. The van der Waals surface area contributed by atoms with Crippen molar-refractivity contribution in [2.45, 2.75) is 33.0 Å². The van der Waals surface area contributed by atoms with Crippen LogP contribution < -0.4 is 5.32 Å². The fourth-order valence-electron chi connectivity index (χ4n) is 2.99. The van der Waals surface area contributed by atoms with E-state index in [2.05, 4.69) is 15.4 Å². The maximum absolute atomic E-state index is 12.2. The zero-order chi connectivity index (χ0) is 18.7. The van der Waals surface area contributed by atoms with E-state index in [1.807, 2.05) is 34.7 Å². The summed E-state index contributed by atoms with van der Waals surface area (Å²) in [6.45, 7) is 4.18. The van der Waals surface area contributed by atoms with Gasteiger partial charge < -0.3 is 15.1 Å². The third-order valence-corrected chi connectivity index (χ3v) is 4.27. The lowest BCUT2D eigenvalue weighted by Crippen LogP contribution is -2.38. The Balaban J connectivity index is 1.65. The van der Waals surface area contributed by atoms with Crippen LogP contribution in [-0.2, 0) is 19.6 Å². The van der Waals surface area contributed by atoms with Crippen LogP contribution in [0.4, 0.5) is 4.79 Å². The summed E-state index contributed by atoms with van der Waals surface area (Å²) in [5, 5.41) is 7.42. The molecule has 3 amide bonds. The van der Waals surface area contributed by atoms with Crippen LogP contribution in [0.25, 0.3) is 0 Å². The van der Waals surface area contributed by atoms with Gasteiger partial charge in [0, 0.05) is 32.9 Å². The number of hydrogen-bond donors (Lipinski definition) is 1. The van der Waals surface area contributed by atoms with Gasteiger partial charge in [-0.2, -0.15) is 5.10 Å². The molecule has 0 aliphatic carbocycles. The molecule has 1 aliphatic heterocycles. The Labute approximate surface area is 152 Å². The van der Waals surface area contributed by atoms with Crippen LogP contribution in [0.3, 0.4) is 0 Å². The second kappa shape index (κ2) is 7.55. The lowest BCUT2D eigenvalue weighted by molar-refractivity contribution is 0.0945. The van der Waals surface area contributed by atoms with Gasteiger partial charge in [0.1, 0.15) is 5.69 Å². The van der Waals surface area contributed by atoms with Gasteiger partial charge in [0.2, 0.25) is 0 Å². The van der Waals surface area contributed by atoms with Crippen LogP contribution in [0.15, 0.2) is 24.3 Å². The van der Waals surface area contributed by atoms with Gasteiger partial charge in [0.25, 0.3) is 5.91 Å². The smallest absolute Gasteiger partial charge is 0.319 e. The Morgan fingerprint density at radius 3 is 2.81 bits per heavy atom. The number of rotatable bonds is 3. The van der Waals surface area contributed by atoms with E-state index in [0.717, 1.165) is 30.0 Å². The van der Waals surface area contributed by atoms with Crippen molar-refractivity contribution in [2.24, 2.45) is 0 Å². The Kier molecular flexibility index (Phi) is 5.20. The van der Waals surface area contributed by atoms with Crippen molar-refractivity contribution in [1.82, 2.24) is 29.9 Å². The lowest BCUT2D eigenvalue weighted by Gasteiger charge is -2.23. The molecule has 3 rings (SSSR count). The van der Waals surface area contributed by atoms with Gasteiger partial charge in [-0.1, -0.05) is 6.07 Å². The highest BCUT2D eigenvalue weighted by atomic mass is 16.2. The fraction of sp³-hybridized carbons (Fsp3) is 0.444. The first-order valence-corrected chi connectivity index (χ1v) is 8.68. The van der Waals surface area contributed by atoms with E-state index in [4.69, 9.17) is 0 Å². The van der Waals surface area contributed by atoms with E-state index in [1.165, 1.54) is 0 Å². The summed E-state index contributed by atoms with van der Waals surface area (Å²) in [6.07, 6.45) is 0.854. The van der Waals surface area contributed by atoms with E-state index < -0.39 is 0 Å². The van der Waals surface area contributed by atoms with Crippen molar-refractivity contribution in [2.75, 3.05) is 20.6 Å². The first-order valence-electron chi connectivity index (χ1n) is 8.68. The first-order chi connectivity index (χ1) is 12.4. The van der Waals surface area contributed by atoms with Crippen molar-refractivity contribution in [1.29, 1.82) is 0 Å². The van der Waals surface area contributed by atoms with Crippen LogP contribution in [-0.4, -0.2) is 57.1 Å². The zero-order valence-electron chi connectivity index (χ0n) is 15.4. The Morgan fingerprint density at radius 2 is 2.08 bits per heavy atom. The highest BCUT2D eigenvalue weighted by molar-refractivity contribution is 5.92. The molecule has 0 bridgehead atoms. The summed E-state index contributed by atoms with van der Waals surface area (Å²) in [7, 11) is 3.51. The standard InChI is InChI=1S/C18H24N6O2/c1-13-6-4-7-16(20-13)17(25)19-11-14-10-15-12-23(18(26)22(2)3)8-5-9-24(15)21-14/h4,6-7,10H,5,8-9,11-12H2,1-3H3,(H,19,25). The molecule has 26 heavy (non-hydrogen) atoms. The van der Waals surface area contributed by atoms with E-state index in [1.54, 1.807) is 25.1 Å². The highest BCUT2D eigenvalue weighted by Crippen LogP contribution is 2.15.